The molecular weight excluding hydrogens is 566 g/mol. The van der Waals surface area contributed by atoms with Crippen molar-refractivity contribution in [2.24, 2.45) is 0 Å². The van der Waals surface area contributed by atoms with Crippen LogP contribution in [-0.2, 0) is 48.9 Å². The Morgan fingerprint density at radius 3 is 1.08 bits per heavy atom. The van der Waals surface area contributed by atoms with Crippen LogP contribution in [0.25, 0.3) is 0 Å². The van der Waals surface area contributed by atoms with Crippen molar-refractivity contribution in [2.75, 3.05) is 26.4 Å². The molecule has 0 fully saturated rings. The van der Waals surface area contributed by atoms with Gasteiger partial charge in [-0.25, -0.2) is 0 Å². The minimum Gasteiger partial charge on any atom is -0.550 e. The standard InChI is InChI=1S/2C7H12O9S.2Na/c2*8-2-4(9)3-16-7(12)5(1-6(10)11)17(13,14)15;;/h2*4-5,8-9H,1-3H2,(H,10,11)(H,13,14,15);;/q;;2*+1/p-2. The number of hydrogen-bond acceptors (Lipinski definition) is 16. The molecule has 4 unspecified atom stereocenters. The van der Waals surface area contributed by atoms with Crippen molar-refractivity contribution in [1.29, 1.82) is 0 Å². The Bertz CT molecular complexity index is 831. The van der Waals surface area contributed by atoms with Crippen molar-refractivity contribution in [1.82, 2.24) is 0 Å². The van der Waals surface area contributed by atoms with Gasteiger partial charge in [-0.3, -0.25) is 18.7 Å². The molecule has 0 heterocycles. The zero-order valence-electron chi connectivity index (χ0n) is 19.0. The van der Waals surface area contributed by atoms with E-state index in [-0.39, 0.29) is 59.1 Å². The van der Waals surface area contributed by atoms with Gasteiger partial charge in [-0.05, 0) is 0 Å². The van der Waals surface area contributed by atoms with Gasteiger partial charge in [0, 0.05) is 24.8 Å². The maximum Gasteiger partial charge on any atom is 1.00 e. The van der Waals surface area contributed by atoms with Gasteiger partial charge in [0.25, 0.3) is 20.2 Å². The Hall–Kier alpha value is -0.460. The van der Waals surface area contributed by atoms with Crippen molar-refractivity contribution in [3.8, 4) is 0 Å². The first-order chi connectivity index (χ1) is 15.4. The molecule has 0 rings (SSSR count). The van der Waals surface area contributed by atoms with Crippen molar-refractivity contribution < 1.29 is 144 Å². The van der Waals surface area contributed by atoms with Gasteiger partial charge in [0.1, 0.15) is 25.4 Å². The van der Waals surface area contributed by atoms with Gasteiger partial charge < -0.3 is 49.7 Å². The minimum atomic E-state index is -4.95. The maximum atomic E-state index is 11.1. The van der Waals surface area contributed by atoms with E-state index in [0.29, 0.717) is 0 Å². The van der Waals surface area contributed by atoms with E-state index in [1.165, 1.54) is 0 Å². The fraction of sp³-hybridized carbons (Fsp3) is 0.714. The van der Waals surface area contributed by atoms with Crippen LogP contribution in [0.3, 0.4) is 0 Å². The summed E-state index contributed by atoms with van der Waals surface area (Å²) in [5.74, 6) is -6.84. The van der Waals surface area contributed by atoms with E-state index in [1.807, 2.05) is 0 Å². The number of carboxylic acid groups (broad SMARTS) is 2. The number of aliphatic carboxylic acids is 2. The molecule has 0 aliphatic carbocycles. The van der Waals surface area contributed by atoms with E-state index in [9.17, 15) is 46.2 Å². The summed E-state index contributed by atoms with van der Waals surface area (Å²) in [7, 11) is -9.91. The van der Waals surface area contributed by atoms with Crippen molar-refractivity contribution in [3.63, 3.8) is 0 Å². The molecule has 4 atom stereocenters. The predicted molar refractivity (Wildman–Crippen MR) is 98.0 cm³/mol. The molecule has 0 radical (unpaired) electrons. The molecule has 0 saturated heterocycles. The van der Waals surface area contributed by atoms with Crippen LogP contribution in [0, 0.1) is 0 Å². The topological polar surface area (TPSA) is 323 Å². The van der Waals surface area contributed by atoms with Gasteiger partial charge in [0.2, 0.25) is 0 Å². The van der Waals surface area contributed by atoms with Gasteiger partial charge in [-0.15, -0.1) is 0 Å². The van der Waals surface area contributed by atoms with E-state index in [1.54, 1.807) is 0 Å². The third-order valence-electron chi connectivity index (χ3n) is 3.21. The average Bonchev–Trinajstić information content (AvgIpc) is 2.70. The molecule has 0 spiro atoms. The van der Waals surface area contributed by atoms with E-state index in [0.717, 1.165) is 0 Å². The van der Waals surface area contributed by atoms with Gasteiger partial charge in [0.05, 0.1) is 13.2 Å². The Morgan fingerprint density at radius 1 is 0.667 bits per heavy atom. The van der Waals surface area contributed by atoms with E-state index in [2.05, 4.69) is 9.47 Å². The second kappa shape index (κ2) is 20.5. The zero-order chi connectivity index (χ0) is 27.3. The molecule has 6 N–H and O–H groups in total. The number of ether oxygens (including phenoxy) is 2. The normalized spacial score (nSPS) is 14.2. The molecule has 0 aromatic carbocycles. The first kappa shape index (κ1) is 42.6. The molecule has 0 aliphatic rings. The summed E-state index contributed by atoms with van der Waals surface area (Å²) in [6.07, 6.45) is -5.40. The minimum absolute atomic E-state index is 0. The van der Waals surface area contributed by atoms with Crippen LogP contribution in [0.15, 0.2) is 0 Å². The molecule has 0 aliphatic heterocycles. The third-order valence-corrected chi connectivity index (χ3v) is 5.36. The number of carbonyl (C=O) groups excluding carboxylic acids is 4. The van der Waals surface area contributed by atoms with E-state index in [4.69, 9.17) is 29.5 Å². The molecule has 36 heavy (non-hydrogen) atoms. The van der Waals surface area contributed by atoms with Crippen molar-refractivity contribution in [2.45, 2.75) is 35.5 Å². The molecule has 22 heteroatoms. The Labute approximate surface area is 248 Å². The summed E-state index contributed by atoms with van der Waals surface area (Å²) in [5.41, 5.74) is 0. The van der Waals surface area contributed by atoms with E-state index >= 15 is 0 Å². The van der Waals surface area contributed by atoms with Crippen LogP contribution in [0.2, 0.25) is 0 Å². The quantitative estimate of drug-likeness (QED) is 0.0623. The number of rotatable bonds is 14. The summed E-state index contributed by atoms with van der Waals surface area (Å²) in [4.78, 5) is 42.5. The van der Waals surface area contributed by atoms with Crippen molar-refractivity contribution >= 4 is 44.1 Å². The Kier molecular flexibility index (Phi) is 24.3. The monoisotopic (exact) mass is 588 g/mol. The zero-order valence-corrected chi connectivity index (χ0v) is 24.6. The fourth-order valence-corrected chi connectivity index (χ4v) is 2.89. The number of aliphatic hydroxyl groups is 4. The van der Waals surface area contributed by atoms with Crippen LogP contribution >= 0.6 is 0 Å². The molecule has 0 amide bonds. The summed E-state index contributed by atoms with van der Waals surface area (Å²) < 4.78 is 68.3. The molecule has 200 valence electrons. The van der Waals surface area contributed by atoms with Gasteiger partial charge >= 0.3 is 71.1 Å². The van der Waals surface area contributed by atoms with Crippen molar-refractivity contribution in [3.05, 3.63) is 0 Å². The second-order valence-electron chi connectivity index (χ2n) is 6.09. The second-order valence-corrected chi connectivity index (χ2v) is 9.29. The third kappa shape index (κ3) is 20.6. The molecule has 0 bridgehead atoms. The Balaban J connectivity index is -0.000000269. The van der Waals surface area contributed by atoms with Crippen LogP contribution in [0.1, 0.15) is 12.8 Å². The van der Waals surface area contributed by atoms with E-state index < -0.39 is 106 Å². The van der Waals surface area contributed by atoms with Crippen LogP contribution < -0.4 is 69.3 Å². The molecule has 18 nitrogen and oxygen atoms in total. The molecule has 0 saturated carbocycles. The summed E-state index contributed by atoms with van der Waals surface area (Å²) in [5, 5.41) is 50.1. The average molecular weight is 588 g/mol. The Morgan fingerprint density at radius 2 is 0.917 bits per heavy atom. The number of carbonyl (C=O) groups is 4. The first-order valence-corrected chi connectivity index (χ1v) is 11.6. The number of hydrogen-bond donors (Lipinski definition) is 6. The first-order valence-electron chi connectivity index (χ1n) is 8.60. The van der Waals surface area contributed by atoms with Crippen LogP contribution in [0.4, 0.5) is 0 Å². The summed E-state index contributed by atoms with van der Waals surface area (Å²) in [6.45, 7) is -2.92. The number of aliphatic hydroxyl groups excluding tert-OH is 4. The maximum absolute atomic E-state index is 11.1. The smallest absolute Gasteiger partial charge is 0.550 e. The fourth-order valence-electron chi connectivity index (χ4n) is 1.57. The number of esters is 2. The summed E-state index contributed by atoms with van der Waals surface area (Å²) >= 11 is 0. The summed E-state index contributed by atoms with van der Waals surface area (Å²) in [6, 6.07) is 0. The van der Waals surface area contributed by atoms with Gasteiger partial charge in [-0.2, -0.15) is 16.8 Å². The predicted octanol–water partition coefficient (Wildman–Crippen LogP) is -13.4. The molecule has 0 aromatic heterocycles. The van der Waals surface area contributed by atoms with Crippen LogP contribution in [-0.4, -0.2) is 119 Å². The van der Waals surface area contributed by atoms with Crippen LogP contribution in [0.5, 0.6) is 0 Å². The largest absolute Gasteiger partial charge is 1.00 e. The SMILES string of the molecule is O=C([O-])CC(C(=O)OCC(O)CO)S(=O)(=O)O.O=C([O-])CC(C(=O)OCC(O)CO)S(=O)(=O)O.[Na+].[Na+]. The number of carboxylic acids is 2. The van der Waals surface area contributed by atoms with Gasteiger partial charge in [-0.1, -0.05) is 0 Å². The molecular formula is C14H22Na2O18S2. The molecule has 0 aromatic rings. The van der Waals surface area contributed by atoms with Gasteiger partial charge in [0.15, 0.2) is 10.5 Å².